The third kappa shape index (κ3) is 3.26. The molecule has 1 heterocycles. The van der Waals surface area contributed by atoms with Gasteiger partial charge >= 0.3 is 0 Å². The van der Waals surface area contributed by atoms with Gasteiger partial charge in [0.05, 0.1) is 11.0 Å². The Hall–Kier alpha value is -2.48. The highest BCUT2D eigenvalue weighted by molar-refractivity contribution is 5.35. The van der Waals surface area contributed by atoms with Crippen LogP contribution in [0.2, 0.25) is 0 Å². The number of hydrogen-bond donors (Lipinski definition) is 2. The lowest BCUT2D eigenvalue weighted by molar-refractivity contribution is -0.384. The lowest BCUT2D eigenvalue weighted by Gasteiger charge is -2.03. The number of nitrogens with two attached hydrogens (primary N) is 1. The molecular weight excluding hydrogens is 250 g/mol. The first kappa shape index (κ1) is 13.0. The lowest BCUT2D eigenvalue weighted by Crippen LogP contribution is -2.07. The summed E-state index contributed by atoms with van der Waals surface area (Å²) in [4.78, 5) is 14.2. The summed E-state index contributed by atoms with van der Waals surface area (Å²) in [7, 11) is 0. The Balaban J connectivity index is 1.96. The number of rotatable bonds is 5. The molecule has 0 radical (unpaired) electrons. The Morgan fingerprint density at radius 3 is 2.68 bits per heavy atom. The van der Waals surface area contributed by atoms with Crippen molar-refractivity contribution in [1.29, 1.82) is 0 Å². The Bertz CT molecular complexity index is 564. The summed E-state index contributed by atoms with van der Waals surface area (Å²) in [6.45, 7) is 1.97. The molecule has 0 saturated heterocycles. The number of benzene rings is 1. The van der Waals surface area contributed by atoms with Crippen LogP contribution in [0.1, 0.15) is 24.6 Å². The molecule has 1 atom stereocenters. The van der Waals surface area contributed by atoms with Crippen LogP contribution in [0.15, 0.2) is 24.3 Å². The number of ether oxygens (including phenoxy) is 1. The Morgan fingerprint density at radius 2 is 2.16 bits per heavy atom. The van der Waals surface area contributed by atoms with E-state index in [2.05, 4.69) is 15.2 Å². The fraction of sp³-hybridized carbons (Fsp3) is 0.273. The number of aromatic nitrogens is 3. The van der Waals surface area contributed by atoms with Crippen molar-refractivity contribution in [3.63, 3.8) is 0 Å². The summed E-state index contributed by atoms with van der Waals surface area (Å²) >= 11 is 0. The van der Waals surface area contributed by atoms with Gasteiger partial charge in [-0.2, -0.15) is 5.10 Å². The maximum absolute atomic E-state index is 10.5. The third-order valence-corrected chi connectivity index (χ3v) is 2.38. The minimum Gasteiger partial charge on any atom is -0.486 e. The van der Waals surface area contributed by atoms with E-state index in [1.165, 1.54) is 24.3 Å². The van der Waals surface area contributed by atoms with Gasteiger partial charge in [-0.15, -0.1) is 0 Å². The molecule has 0 aliphatic carbocycles. The first-order valence-corrected chi connectivity index (χ1v) is 5.60. The summed E-state index contributed by atoms with van der Waals surface area (Å²) in [5.41, 5.74) is 5.65. The number of hydrogen-bond acceptors (Lipinski definition) is 6. The molecule has 8 nitrogen and oxygen atoms in total. The molecule has 1 aromatic carbocycles. The molecule has 8 heteroatoms. The van der Waals surface area contributed by atoms with Crippen molar-refractivity contribution in [3.05, 3.63) is 46.0 Å². The van der Waals surface area contributed by atoms with Crippen molar-refractivity contribution < 1.29 is 9.66 Å². The molecule has 3 N–H and O–H groups in total. The van der Waals surface area contributed by atoms with Crippen LogP contribution in [0, 0.1) is 10.1 Å². The van der Waals surface area contributed by atoms with Crippen LogP contribution < -0.4 is 10.5 Å². The van der Waals surface area contributed by atoms with Gasteiger partial charge in [0.25, 0.3) is 5.69 Å². The molecular formula is C11H13N5O3. The molecule has 0 saturated carbocycles. The van der Waals surface area contributed by atoms with Crippen molar-refractivity contribution in [2.45, 2.75) is 19.6 Å². The van der Waals surface area contributed by atoms with Crippen molar-refractivity contribution in [2.24, 2.45) is 5.73 Å². The number of H-pyrrole nitrogens is 1. The predicted octanol–water partition coefficient (Wildman–Crippen LogP) is 1.31. The van der Waals surface area contributed by atoms with E-state index >= 15 is 0 Å². The van der Waals surface area contributed by atoms with Crippen molar-refractivity contribution in [2.75, 3.05) is 0 Å². The second-order valence-electron chi connectivity index (χ2n) is 3.97. The van der Waals surface area contributed by atoms with E-state index in [1.54, 1.807) is 6.92 Å². The van der Waals surface area contributed by atoms with Gasteiger partial charge in [-0.25, -0.2) is 4.98 Å². The lowest BCUT2D eigenvalue weighted by atomic mass is 10.3. The average molecular weight is 263 g/mol. The monoisotopic (exact) mass is 263 g/mol. The van der Waals surface area contributed by atoms with E-state index in [4.69, 9.17) is 10.5 Å². The molecule has 0 aliphatic heterocycles. The zero-order valence-corrected chi connectivity index (χ0v) is 10.2. The zero-order chi connectivity index (χ0) is 13.8. The minimum absolute atomic E-state index is 0.0197. The summed E-state index contributed by atoms with van der Waals surface area (Å²) < 4.78 is 5.42. The van der Waals surface area contributed by atoms with Crippen molar-refractivity contribution >= 4 is 5.69 Å². The normalized spacial score (nSPS) is 12.1. The predicted molar refractivity (Wildman–Crippen MR) is 66.4 cm³/mol. The highest BCUT2D eigenvalue weighted by Crippen LogP contribution is 2.18. The van der Waals surface area contributed by atoms with Gasteiger partial charge in [0.2, 0.25) is 0 Å². The maximum Gasteiger partial charge on any atom is 0.269 e. The van der Waals surface area contributed by atoms with Gasteiger partial charge in [0, 0.05) is 12.1 Å². The standard InChI is InChI=1S/C11H13N5O3/c1-7(12)11-13-10(14-15-11)6-19-9-4-2-8(3-5-9)16(17)18/h2-5,7H,6,12H2,1H3,(H,13,14,15)/t7-/m1/s1. The fourth-order valence-corrected chi connectivity index (χ4v) is 1.39. The minimum atomic E-state index is -0.463. The van der Waals surface area contributed by atoms with E-state index in [0.717, 1.165) is 0 Å². The van der Waals surface area contributed by atoms with Crippen molar-refractivity contribution in [1.82, 2.24) is 15.2 Å². The quantitative estimate of drug-likeness (QED) is 0.619. The second kappa shape index (κ2) is 5.44. The van der Waals surface area contributed by atoms with Crippen LogP contribution in [0.3, 0.4) is 0 Å². The first-order valence-electron chi connectivity index (χ1n) is 5.60. The van der Waals surface area contributed by atoms with Crippen LogP contribution in [-0.2, 0) is 6.61 Å². The Morgan fingerprint density at radius 1 is 1.47 bits per heavy atom. The largest absolute Gasteiger partial charge is 0.486 e. The third-order valence-electron chi connectivity index (χ3n) is 2.38. The van der Waals surface area contributed by atoms with E-state index in [0.29, 0.717) is 17.4 Å². The molecule has 1 aromatic heterocycles. The molecule has 19 heavy (non-hydrogen) atoms. The van der Waals surface area contributed by atoms with Crippen LogP contribution >= 0.6 is 0 Å². The molecule has 0 amide bonds. The van der Waals surface area contributed by atoms with Crippen LogP contribution in [0.5, 0.6) is 5.75 Å². The number of nitrogens with one attached hydrogen (secondary N) is 1. The zero-order valence-electron chi connectivity index (χ0n) is 10.2. The van der Waals surface area contributed by atoms with Gasteiger partial charge < -0.3 is 10.5 Å². The summed E-state index contributed by atoms with van der Waals surface area (Å²) in [6, 6.07) is 5.57. The second-order valence-corrected chi connectivity index (χ2v) is 3.97. The van der Waals surface area contributed by atoms with E-state index in [9.17, 15) is 10.1 Å². The number of non-ortho nitro benzene ring substituents is 1. The Labute approximate surface area is 108 Å². The molecule has 2 aromatic rings. The molecule has 0 fully saturated rings. The molecule has 100 valence electrons. The smallest absolute Gasteiger partial charge is 0.269 e. The van der Waals surface area contributed by atoms with Crippen molar-refractivity contribution in [3.8, 4) is 5.75 Å². The van der Waals surface area contributed by atoms with Gasteiger partial charge in [-0.3, -0.25) is 15.2 Å². The molecule has 0 aliphatic rings. The maximum atomic E-state index is 10.5. The van der Waals surface area contributed by atoms with E-state index < -0.39 is 4.92 Å². The number of nitrogens with zero attached hydrogens (tertiary/aromatic N) is 3. The van der Waals surface area contributed by atoms with Gasteiger partial charge in [0.1, 0.15) is 12.4 Å². The molecule has 0 unspecified atom stereocenters. The summed E-state index contributed by atoms with van der Waals surface area (Å²) in [5.74, 6) is 1.58. The highest BCUT2D eigenvalue weighted by atomic mass is 16.6. The molecule has 2 rings (SSSR count). The fourth-order valence-electron chi connectivity index (χ4n) is 1.39. The SMILES string of the molecule is C[C@@H](N)c1n[nH]c(COc2ccc([N+](=O)[O-])cc2)n1. The van der Waals surface area contributed by atoms with E-state index in [-0.39, 0.29) is 18.3 Å². The first-order chi connectivity index (χ1) is 9.06. The number of nitro groups is 1. The number of nitro benzene ring substituents is 1. The van der Waals surface area contributed by atoms with Gasteiger partial charge in [-0.05, 0) is 19.1 Å². The van der Waals surface area contributed by atoms with Gasteiger partial charge in [-0.1, -0.05) is 0 Å². The van der Waals surface area contributed by atoms with Crippen LogP contribution in [-0.4, -0.2) is 20.1 Å². The number of aromatic amines is 1. The molecule has 0 bridgehead atoms. The average Bonchev–Trinajstić information content (AvgIpc) is 2.86. The van der Waals surface area contributed by atoms with Crippen LogP contribution in [0.4, 0.5) is 5.69 Å². The summed E-state index contributed by atoms with van der Waals surface area (Å²) in [5, 5.41) is 17.1. The highest BCUT2D eigenvalue weighted by Gasteiger charge is 2.08. The summed E-state index contributed by atoms with van der Waals surface area (Å²) in [6.07, 6.45) is 0. The molecule has 0 spiro atoms. The van der Waals surface area contributed by atoms with E-state index in [1.807, 2.05) is 0 Å². The topological polar surface area (TPSA) is 120 Å². The van der Waals surface area contributed by atoms with Gasteiger partial charge in [0.15, 0.2) is 11.6 Å². The van der Waals surface area contributed by atoms with Crippen LogP contribution in [0.25, 0.3) is 0 Å². The Kier molecular flexibility index (Phi) is 3.71.